The second-order valence-corrected chi connectivity index (χ2v) is 9.62. The van der Waals surface area contributed by atoms with Gasteiger partial charge in [0.2, 0.25) is 0 Å². The van der Waals surface area contributed by atoms with Gasteiger partial charge in [-0.3, -0.25) is 0 Å². The first-order chi connectivity index (χ1) is 11.3. The minimum absolute atomic E-state index is 0. The first-order valence-electron chi connectivity index (χ1n) is 9.73. The average Bonchev–Trinajstić information content (AvgIpc) is 3.35. The molecule has 0 nitrogen and oxygen atoms in total. The molecular formula is C22H35BPZr+2. The van der Waals surface area contributed by atoms with E-state index < -0.39 is 0 Å². The molecule has 1 aromatic carbocycles. The zero-order chi connectivity index (χ0) is 16.3. The first kappa shape index (κ1) is 25.6. The van der Waals surface area contributed by atoms with Gasteiger partial charge in [0.05, 0.1) is 0 Å². The van der Waals surface area contributed by atoms with Crippen molar-refractivity contribution in [3.8, 4) is 0 Å². The van der Waals surface area contributed by atoms with Crippen LogP contribution < -0.4 is 5.30 Å². The zero-order valence-electron chi connectivity index (χ0n) is 16.0. The van der Waals surface area contributed by atoms with Crippen molar-refractivity contribution < 1.29 is 26.2 Å². The van der Waals surface area contributed by atoms with Crippen LogP contribution in [0.15, 0.2) is 30.3 Å². The minimum Gasteiger partial charge on any atom is -0.342 e. The molecule has 2 aliphatic carbocycles. The third-order valence-electron chi connectivity index (χ3n) is 5.20. The van der Waals surface area contributed by atoms with Crippen LogP contribution in [0.5, 0.6) is 0 Å². The summed E-state index contributed by atoms with van der Waals surface area (Å²) < 4.78 is 0. The van der Waals surface area contributed by atoms with Crippen molar-refractivity contribution in [2.24, 2.45) is 11.8 Å². The fraction of sp³-hybridized carbons (Fsp3) is 0.636. The molecule has 3 fully saturated rings. The van der Waals surface area contributed by atoms with Gasteiger partial charge in [0.25, 0.3) is 0 Å². The smallest absolute Gasteiger partial charge is 0.342 e. The van der Waals surface area contributed by atoms with Gasteiger partial charge in [-0.15, -0.1) is 0 Å². The molecule has 3 radical (unpaired) electrons. The van der Waals surface area contributed by atoms with E-state index in [1.54, 1.807) is 0 Å². The Hall–Kier alpha value is 0.598. The Morgan fingerprint density at radius 1 is 0.640 bits per heavy atom. The molecule has 0 amide bonds. The molecule has 25 heavy (non-hydrogen) atoms. The van der Waals surface area contributed by atoms with E-state index in [0.29, 0.717) is 11.8 Å². The minimum atomic E-state index is 0. The molecule has 2 atom stereocenters. The largest absolute Gasteiger partial charge is 4.00 e. The first-order valence-corrected chi connectivity index (χ1v) is 11.4. The van der Waals surface area contributed by atoms with E-state index in [0.717, 1.165) is 0 Å². The van der Waals surface area contributed by atoms with Gasteiger partial charge in [-0.25, -0.2) is 0 Å². The van der Waals surface area contributed by atoms with Crippen LogP contribution in [0, 0.1) is 25.7 Å². The summed E-state index contributed by atoms with van der Waals surface area (Å²) in [6.45, 7) is 8.30. The summed E-state index contributed by atoms with van der Waals surface area (Å²) in [6, 6.07) is 10.8. The van der Waals surface area contributed by atoms with Gasteiger partial charge in [-0.05, 0) is 5.30 Å². The maximum absolute atomic E-state index is 4.15. The molecule has 4 rings (SSSR count). The van der Waals surface area contributed by atoms with Crippen LogP contribution >= 0.6 is 7.92 Å². The molecule has 2 saturated carbocycles. The fourth-order valence-corrected chi connectivity index (χ4v) is 6.45. The van der Waals surface area contributed by atoms with Crippen molar-refractivity contribution in [3.05, 3.63) is 44.2 Å². The van der Waals surface area contributed by atoms with Gasteiger partial charge in [-0.1, -0.05) is 115 Å². The third kappa shape index (κ3) is 10.5. The molecule has 3 heteroatoms. The summed E-state index contributed by atoms with van der Waals surface area (Å²) in [7, 11) is 0.0561. The summed E-state index contributed by atoms with van der Waals surface area (Å²) in [5, 5.41) is 1.53. The monoisotopic (exact) mass is 431 g/mol. The SMILES string of the molecule is C1CCCC1.C1CCCC1.[B].[CH2-]C1CP(c2ccccc2)CC1[CH2-].[Zr+4]. The van der Waals surface area contributed by atoms with Gasteiger partial charge in [0.15, 0.2) is 0 Å². The van der Waals surface area contributed by atoms with Gasteiger partial charge >= 0.3 is 26.2 Å². The van der Waals surface area contributed by atoms with E-state index in [1.807, 2.05) is 0 Å². The standard InChI is InChI=1S/C12H15P.2C5H10.B.Zr/c1-10-8-13(9-11(10)2)12-6-4-3-5-7-12;2*1-2-4-5-3-1;;/h3-7,10-11H,1-2,8-9H2;2*1-5H2;;/q-2;;;;+4. The van der Waals surface area contributed by atoms with Crippen LogP contribution in [-0.2, 0) is 26.2 Å². The molecule has 1 saturated heterocycles. The molecule has 133 valence electrons. The topological polar surface area (TPSA) is 0 Å². The molecule has 1 aromatic rings. The van der Waals surface area contributed by atoms with Crippen molar-refractivity contribution in [2.75, 3.05) is 12.3 Å². The molecule has 1 heterocycles. The van der Waals surface area contributed by atoms with Gasteiger partial charge in [0.1, 0.15) is 0 Å². The second-order valence-electron chi connectivity index (χ2n) is 7.30. The predicted molar refractivity (Wildman–Crippen MR) is 112 cm³/mol. The van der Waals surface area contributed by atoms with Crippen molar-refractivity contribution >= 4 is 21.6 Å². The molecule has 0 bridgehead atoms. The molecule has 1 aliphatic heterocycles. The Labute approximate surface area is 179 Å². The van der Waals surface area contributed by atoms with Gasteiger partial charge in [0, 0.05) is 8.41 Å². The van der Waals surface area contributed by atoms with Crippen LogP contribution in [0.1, 0.15) is 64.2 Å². The normalized spacial score (nSPS) is 27.0. The fourth-order valence-electron chi connectivity index (χ4n) is 3.56. The number of rotatable bonds is 1. The van der Waals surface area contributed by atoms with E-state index in [1.165, 1.54) is 81.8 Å². The van der Waals surface area contributed by atoms with Crippen molar-refractivity contribution in [2.45, 2.75) is 64.2 Å². The Morgan fingerprint density at radius 3 is 1.28 bits per heavy atom. The van der Waals surface area contributed by atoms with Crippen LogP contribution in [0.25, 0.3) is 0 Å². The molecule has 0 aromatic heterocycles. The van der Waals surface area contributed by atoms with E-state index >= 15 is 0 Å². The van der Waals surface area contributed by atoms with Crippen molar-refractivity contribution in [1.29, 1.82) is 0 Å². The van der Waals surface area contributed by atoms with Crippen molar-refractivity contribution in [3.63, 3.8) is 0 Å². The average molecular weight is 433 g/mol. The van der Waals surface area contributed by atoms with Gasteiger partial charge in [-0.2, -0.15) is 11.8 Å². The van der Waals surface area contributed by atoms with E-state index in [4.69, 9.17) is 0 Å². The number of hydrogen-bond acceptors (Lipinski definition) is 0. The summed E-state index contributed by atoms with van der Waals surface area (Å²) in [5.41, 5.74) is 0. The molecule has 3 aliphatic rings. The molecular weight excluding hydrogens is 397 g/mol. The Balaban J connectivity index is 0.000000400. The molecule has 0 N–H and O–H groups in total. The summed E-state index contributed by atoms with van der Waals surface area (Å²) in [4.78, 5) is 0. The number of benzene rings is 1. The second kappa shape index (κ2) is 15.6. The predicted octanol–water partition coefficient (Wildman–Crippen LogP) is 6.23. The van der Waals surface area contributed by atoms with Crippen LogP contribution in [-0.4, -0.2) is 20.7 Å². The summed E-state index contributed by atoms with van der Waals surface area (Å²) in [5.74, 6) is 1.15. The summed E-state index contributed by atoms with van der Waals surface area (Å²) >= 11 is 0. The van der Waals surface area contributed by atoms with Gasteiger partial charge < -0.3 is 13.8 Å². The van der Waals surface area contributed by atoms with E-state index in [9.17, 15) is 0 Å². The molecule has 2 unspecified atom stereocenters. The van der Waals surface area contributed by atoms with E-state index in [-0.39, 0.29) is 42.5 Å². The van der Waals surface area contributed by atoms with Crippen LogP contribution in [0.3, 0.4) is 0 Å². The maximum atomic E-state index is 4.15. The Bertz CT molecular complexity index is 369. The van der Waals surface area contributed by atoms with Crippen LogP contribution in [0.2, 0.25) is 0 Å². The van der Waals surface area contributed by atoms with Crippen LogP contribution in [0.4, 0.5) is 0 Å². The van der Waals surface area contributed by atoms with E-state index in [2.05, 4.69) is 44.2 Å². The summed E-state index contributed by atoms with van der Waals surface area (Å²) in [6.07, 6.45) is 17.5. The number of hydrogen-bond donors (Lipinski definition) is 0. The molecule has 0 spiro atoms. The Kier molecular flexibility index (Phi) is 16.0. The third-order valence-corrected chi connectivity index (χ3v) is 8.05. The maximum Gasteiger partial charge on any atom is 4.00 e. The zero-order valence-corrected chi connectivity index (χ0v) is 19.3. The van der Waals surface area contributed by atoms with Crippen molar-refractivity contribution in [1.82, 2.24) is 0 Å². The Morgan fingerprint density at radius 2 is 0.960 bits per heavy atom. The quantitative estimate of drug-likeness (QED) is 0.281.